The molecule has 0 saturated carbocycles. The third kappa shape index (κ3) is 3.71. The van der Waals surface area contributed by atoms with E-state index < -0.39 is 6.03 Å². The van der Waals surface area contributed by atoms with Gasteiger partial charge in [0.25, 0.3) is 0 Å². The second-order valence-electron chi connectivity index (χ2n) is 3.94. The van der Waals surface area contributed by atoms with E-state index in [-0.39, 0.29) is 5.82 Å². The fourth-order valence-electron chi connectivity index (χ4n) is 1.54. The highest BCUT2D eigenvalue weighted by molar-refractivity contribution is 9.10. The van der Waals surface area contributed by atoms with Crippen molar-refractivity contribution in [3.63, 3.8) is 0 Å². The molecule has 0 aliphatic heterocycles. The predicted octanol–water partition coefficient (Wildman–Crippen LogP) is 4.24. The van der Waals surface area contributed by atoms with Gasteiger partial charge in [-0.25, -0.2) is 9.18 Å². The van der Waals surface area contributed by atoms with Crippen molar-refractivity contribution in [3.8, 4) is 5.75 Å². The number of methoxy groups -OCH3 is 1. The van der Waals surface area contributed by atoms with E-state index in [0.29, 0.717) is 21.6 Å². The van der Waals surface area contributed by atoms with Crippen LogP contribution in [0, 0.1) is 5.82 Å². The van der Waals surface area contributed by atoms with Crippen molar-refractivity contribution in [2.75, 3.05) is 17.7 Å². The van der Waals surface area contributed by atoms with Crippen molar-refractivity contribution < 1.29 is 13.9 Å². The van der Waals surface area contributed by atoms with E-state index in [2.05, 4.69) is 26.6 Å². The molecule has 2 aromatic carbocycles. The Morgan fingerprint density at radius 1 is 1.10 bits per heavy atom. The molecular weight excluding hydrogens is 327 g/mol. The zero-order chi connectivity index (χ0) is 14.5. The Morgan fingerprint density at radius 3 is 2.30 bits per heavy atom. The first-order valence-electron chi connectivity index (χ1n) is 5.75. The molecule has 2 rings (SSSR count). The van der Waals surface area contributed by atoms with Crippen molar-refractivity contribution in [1.29, 1.82) is 0 Å². The van der Waals surface area contributed by atoms with Crippen LogP contribution >= 0.6 is 15.9 Å². The molecule has 0 unspecified atom stereocenters. The van der Waals surface area contributed by atoms with Gasteiger partial charge in [0.05, 0.1) is 11.6 Å². The van der Waals surface area contributed by atoms with Crippen molar-refractivity contribution in [2.24, 2.45) is 0 Å². The highest BCUT2D eigenvalue weighted by atomic mass is 79.9. The van der Waals surface area contributed by atoms with Crippen molar-refractivity contribution in [1.82, 2.24) is 0 Å². The van der Waals surface area contributed by atoms with Gasteiger partial charge in [0.2, 0.25) is 0 Å². The van der Waals surface area contributed by atoms with E-state index >= 15 is 0 Å². The molecule has 0 atom stereocenters. The SMILES string of the molecule is COc1ccc(NC(=O)Nc2ccc(F)c(Br)c2)cc1. The van der Waals surface area contributed by atoms with Crippen LogP contribution in [0.5, 0.6) is 5.75 Å². The minimum Gasteiger partial charge on any atom is -0.497 e. The monoisotopic (exact) mass is 338 g/mol. The standard InChI is InChI=1S/C14H12BrFN2O2/c1-20-11-5-2-9(3-6-11)17-14(19)18-10-4-7-13(16)12(15)8-10/h2-8H,1H3,(H2,17,18,19). The molecule has 0 heterocycles. The third-order valence-corrected chi connectivity index (χ3v) is 3.13. The van der Waals surface area contributed by atoms with Gasteiger partial charge in [0, 0.05) is 11.4 Å². The number of benzene rings is 2. The maximum absolute atomic E-state index is 13.1. The number of nitrogens with one attached hydrogen (secondary N) is 2. The lowest BCUT2D eigenvalue weighted by molar-refractivity contribution is 0.262. The van der Waals surface area contributed by atoms with E-state index in [1.807, 2.05) is 0 Å². The average molecular weight is 339 g/mol. The van der Waals surface area contributed by atoms with Crippen LogP contribution in [0.3, 0.4) is 0 Å². The van der Waals surface area contributed by atoms with E-state index in [0.717, 1.165) is 0 Å². The molecule has 104 valence electrons. The summed E-state index contributed by atoms with van der Waals surface area (Å²) in [5.41, 5.74) is 1.12. The molecule has 20 heavy (non-hydrogen) atoms. The summed E-state index contributed by atoms with van der Waals surface area (Å²) in [4.78, 5) is 11.8. The zero-order valence-electron chi connectivity index (χ0n) is 10.6. The fourth-order valence-corrected chi connectivity index (χ4v) is 1.92. The van der Waals surface area contributed by atoms with Crippen LogP contribution in [0.2, 0.25) is 0 Å². The second kappa shape index (κ2) is 6.38. The predicted molar refractivity (Wildman–Crippen MR) is 79.7 cm³/mol. The number of ether oxygens (including phenoxy) is 1. The molecule has 0 spiro atoms. The van der Waals surface area contributed by atoms with Crippen LogP contribution in [0.4, 0.5) is 20.6 Å². The topological polar surface area (TPSA) is 50.4 Å². The van der Waals surface area contributed by atoms with Gasteiger partial charge in [0.15, 0.2) is 0 Å². The summed E-state index contributed by atoms with van der Waals surface area (Å²) in [5, 5.41) is 5.27. The van der Waals surface area contributed by atoms with Crippen LogP contribution in [0.25, 0.3) is 0 Å². The van der Waals surface area contributed by atoms with Gasteiger partial charge in [-0.3, -0.25) is 0 Å². The smallest absolute Gasteiger partial charge is 0.323 e. The van der Waals surface area contributed by atoms with Crippen molar-refractivity contribution in [2.45, 2.75) is 0 Å². The zero-order valence-corrected chi connectivity index (χ0v) is 12.2. The molecule has 0 aromatic heterocycles. The van der Waals surface area contributed by atoms with Gasteiger partial charge in [-0.2, -0.15) is 0 Å². The van der Waals surface area contributed by atoms with Gasteiger partial charge >= 0.3 is 6.03 Å². The molecule has 2 amide bonds. The summed E-state index contributed by atoms with van der Waals surface area (Å²) < 4.78 is 18.4. The summed E-state index contributed by atoms with van der Waals surface area (Å²) in [6, 6.07) is 10.8. The van der Waals surface area contributed by atoms with Crippen LogP contribution in [-0.2, 0) is 0 Å². The summed E-state index contributed by atoms with van der Waals surface area (Å²) >= 11 is 3.06. The highest BCUT2D eigenvalue weighted by Gasteiger charge is 2.05. The van der Waals surface area contributed by atoms with E-state index in [1.165, 1.54) is 18.2 Å². The Labute approximate surface area is 124 Å². The van der Waals surface area contributed by atoms with Crippen molar-refractivity contribution in [3.05, 3.63) is 52.8 Å². The van der Waals surface area contributed by atoms with E-state index in [4.69, 9.17) is 4.74 Å². The Kier molecular flexibility index (Phi) is 4.57. The van der Waals surface area contributed by atoms with Gasteiger partial charge < -0.3 is 15.4 Å². The second-order valence-corrected chi connectivity index (χ2v) is 4.79. The Morgan fingerprint density at radius 2 is 1.70 bits per heavy atom. The number of anilines is 2. The molecule has 2 aromatic rings. The molecule has 0 fully saturated rings. The number of urea groups is 1. The summed E-state index contributed by atoms with van der Waals surface area (Å²) in [7, 11) is 1.57. The van der Waals surface area contributed by atoms with Crippen LogP contribution in [0.1, 0.15) is 0 Å². The first kappa shape index (κ1) is 14.3. The average Bonchev–Trinajstić information content (AvgIpc) is 2.44. The number of rotatable bonds is 3. The van der Waals surface area contributed by atoms with E-state index in [9.17, 15) is 9.18 Å². The highest BCUT2D eigenvalue weighted by Crippen LogP contribution is 2.20. The van der Waals surface area contributed by atoms with Gasteiger partial charge in [-0.1, -0.05) is 0 Å². The van der Waals surface area contributed by atoms with Crippen LogP contribution < -0.4 is 15.4 Å². The normalized spacial score (nSPS) is 9.95. The minimum absolute atomic E-state index is 0.291. The molecule has 0 aliphatic rings. The number of carbonyl (C=O) groups is 1. The van der Waals surface area contributed by atoms with Gasteiger partial charge in [0.1, 0.15) is 11.6 Å². The summed E-state index contributed by atoms with van der Waals surface area (Å²) in [6.45, 7) is 0. The van der Waals surface area contributed by atoms with Crippen LogP contribution in [0.15, 0.2) is 46.9 Å². The maximum atomic E-state index is 13.1. The first-order valence-corrected chi connectivity index (χ1v) is 6.55. The maximum Gasteiger partial charge on any atom is 0.323 e. The van der Waals surface area contributed by atoms with Crippen molar-refractivity contribution >= 4 is 33.3 Å². The molecule has 0 radical (unpaired) electrons. The lowest BCUT2D eigenvalue weighted by atomic mass is 10.3. The van der Waals surface area contributed by atoms with Gasteiger partial charge in [-0.05, 0) is 58.4 Å². The largest absolute Gasteiger partial charge is 0.497 e. The molecule has 0 saturated heterocycles. The number of hydrogen-bond donors (Lipinski definition) is 2. The Hall–Kier alpha value is -2.08. The lowest BCUT2D eigenvalue weighted by Crippen LogP contribution is -2.19. The summed E-state index contributed by atoms with van der Waals surface area (Å²) in [5.74, 6) is 0.324. The quantitative estimate of drug-likeness (QED) is 0.879. The van der Waals surface area contributed by atoms with Crippen LogP contribution in [-0.4, -0.2) is 13.1 Å². The Bertz CT molecular complexity index is 617. The van der Waals surface area contributed by atoms with Gasteiger partial charge in [-0.15, -0.1) is 0 Å². The first-order chi connectivity index (χ1) is 9.58. The number of hydrogen-bond acceptors (Lipinski definition) is 2. The molecule has 2 N–H and O–H groups in total. The number of amides is 2. The number of carbonyl (C=O) groups excluding carboxylic acids is 1. The fraction of sp³-hybridized carbons (Fsp3) is 0.0714. The molecule has 0 aliphatic carbocycles. The summed E-state index contributed by atoms with van der Waals surface area (Å²) in [6.07, 6.45) is 0. The molecule has 0 bridgehead atoms. The lowest BCUT2D eigenvalue weighted by Gasteiger charge is -2.08. The molecule has 4 nitrogen and oxygen atoms in total. The minimum atomic E-state index is -0.409. The Balaban J connectivity index is 1.99. The number of halogens is 2. The van der Waals surface area contributed by atoms with E-state index in [1.54, 1.807) is 31.4 Å². The molecular formula is C14H12BrFN2O2. The molecule has 6 heteroatoms. The third-order valence-electron chi connectivity index (χ3n) is 2.53.